The quantitative estimate of drug-likeness (QED) is 0.599. The number of nitrogens with zero attached hydrogens (tertiary/aromatic N) is 2. The Morgan fingerprint density at radius 3 is 3.00 bits per heavy atom. The first kappa shape index (κ1) is 19.6. The number of carbonyl (C=O) groups excluding carboxylic acids is 2. The van der Waals surface area contributed by atoms with E-state index in [-0.39, 0.29) is 18.4 Å². The number of benzene rings is 1. The molecule has 2 saturated heterocycles. The lowest BCUT2D eigenvalue weighted by molar-refractivity contribution is -0.134. The van der Waals surface area contributed by atoms with E-state index >= 15 is 0 Å². The van der Waals surface area contributed by atoms with Crippen molar-refractivity contribution in [1.82, 2.24) is 20.4 Å². The van der Waals surface area contributed by atoms with E-state index in [1.807, 2.05) is 25.2 Å². The lowest BCUT2D eigenvalue weighted by Crippen LogP contribution is -2.42. The molecule has 2 aliphatic heterocycles. The Balaban J connectivity index is 1.55. The normalized spacial score (nSPS) is 24.8. The summed E-state index contributed by atoms with van der Waals surface area (Å²) >= 11 is 0. The summed E-state index contributed by atoms with van der Waals surface area (Å²) in [6.45, 7) is 1.21. The minimum atomic E-state index is -1.01. The standard InChI is InChI=1S/C21H23FN4O3/c1-26-20-13(5-3-11-29-17-9-10-23-12-16(17)22)4-2-6-14(20)19(25-26)15-7-8-18(27)24-21(15)28/h2,4,6,15-17,23H,7-12H2,1H3,(H,24,27,28)/t15?,16-,17+/m0/s1. The Morgan fingerprint density at radius 1 is 1.34 bits per heavy atom. The van der Waals surface area contributed by atoms with Crippen molar-refractivity contribution >= 4 is 22.7 Å². The van der Waals surface area contributed by atoms with Crippen molar-refractivity contribution in [3.63, 3.8) is 0 Å². The average Bonchev–Trinajstić information content (AvgIpc) is 3.04. The van der Waals surface area contributed by atoms with Gasteiger partial charge in [0.05, 0.1) is 28.8 Å². The van der Waals surface area contributed by atoms with Crippen LogP contribution in [0.1, 0.15) is 36.4 Å². The second-order valence-corrected chi connectivity index (χ2v) is 7.37. The van der Waals surface area contributed by atoms with Crippen molar-refractivity contribution in [3.05, 3.63) is 29.5 Å². The first-order chi connectivity index (χ1) is 14.0. The van der Waals surface area contributed by atoms with Crippen LogP contribution >= 0.6 is 0 Å². The minimum absolute atomic E-state index is 0.152. The number of imide groups is 1. The van der Waals surface area contributed by atoms with Crippen LogP contribution in [0.4, 0.5) is 4.39 Å². The molecular weight excluding hydrogens is 375 g/mol. The maximum Gasteiger partial charge on any atom is 0.235 e. The van der Waals surface area contributed by atoms with Crippen LogP contribution in [0.5, 0.6) is 0 Å². The van der Waals surface area contributed by atoms with Gasteiger partial charge in [0.15, 0.2) is 0 Å². The molecule has 2 aliphatic rings. The van der Waals surface area contributed by atoms with Crippen LogP contribution < -0.4 is 10.6 Å². The van der Waals surface area contributed by atoms with Gasteiger partial charge in [-0.15, -0.1) is 0 Å². The summed E-state index contributed by atoms with van der Waals surface area (Å²) in [7, 11) is 1.81. The smallest absolute Gasteiger partial charge is 0.235 e. The third-order valence-electron chi connectivity index (χ3n) is 5.40. The van der Waals surface area contributed by atoms with Crippen molar-refractivity contribution in [2.24, 2.45) is 7.05 Å². The second kappa shape index (κ2) is 8.31. The molecule has 29 heavy (non-hydrogen) atoms. The molecule has 3 atom stereocenters. The van der Waals surface area contributed by atoms with E-state index in [1.54, 1.807) is 4.68 Å². The number of halogens is 1. The number of rotatable bonds is 3. The minimum Gasteiger partial charge on any atom is -0.362 e. The van der Waals surface area contributed by atoms with Gasteiger partial charge < -0.3 is 10.1 Å². The zero-order valence-corrected chi connectivity index (χ0v) is 16.2. The monoisotopic (exact) mass is 398 g/mol. The molecule has 2 aromatic rings. The largest absolute Gasteiger partial charge is 0.362 e. The fraction of sp³-hybridized carbons (Fsp3) is 0.476. The van der Waals surface area contributed by atoms with Crippen LogP contribution in [0.15, 0.2) is 18.2 Å². The number of ether oxygens (including phenoxy) is 1. The molecular formula is C21H23FN4O3. The fourth-order valence-corrected chi connectivity index (χ4v) is 3.94. The van der Waals surface area contributed by atoms with Crippen molar-refractivity contribution in [1.29, 1.82) is 0 Å². The zero-order chi connectivity index (χ0) is 20.4. The van der Waals surface area contributed by atoms with Gasteiger partial charge in [0.2, 0.25) is 11.8 Å². The number of nitrogens with one attached hydrogen (secondary N) is 2. The Kier molecular flexibility index (Phi) is 5.60. The summed E-state index contributed by atoms with van der Waals surface area (Å²) < 4.78 is 21.1. The fourth-order valence-electron chi connectivity index (χ4n) is 3.94. The summed E-state index contributed by atoms with van der Waals surface area (Å²) in [5.74, 6) is 5.04. The number of hydrogen-bond donors (Lipinski definition) is 2. The molecule has 2 amide bonds. The van der Waals surface area contributed by atoms with E-state index in [0.29, 0.717) is 31.5 Å². The number of para-hydroxylation sites is 1. The second-order valence-electron chi connectivity index (χ2n) is 7.37. The van der Waals surface area contributed by atoms with Gasteiger partial charge in [-0.25, -0.2) is 4.39 Å². The van der Waals surface area contributed by atoms with Crippen LogP contribution in [0, 0.1) is 11.8 Å². The number of piperidine rings is 2. The number of alkyl halides is 1. The molecule has 3 heterocycles. The van der Waals surface area contributed by atoms with Crippen molar-refractivity contribution < 1.29 is 18.7 Å². The van der Waals surface area contributed by atoms with Gasteiger partial charge in [-0.2, -0.15) is 5.10 Å². The van der Waals surface area contributed by atoms with Gasteiger partial charge >= 0.3 is 0 Å². The van der Waals surface area contributed by atoms with Gasteiger partial charge in [-0.1, -0.05) is 24.0 Å². The number of amides is 2. The first-order valence-electron chi connectivity index (χ1n) is 9.79. The molecule has 8 heteroatoms. The van der Waals surface area contributed by atoms with E-state index in [2.05, 4.69) is 27.6 Å². The molecule has 2 N–H and O–H groups in total. The molecule has 152 valence electrons. The van der Waals surface area contributed by atoms with E-state index in [9.17, 15) is 14.0 Å². The zero-order valence-electron chi connectivity index (χ0n) is 16.2. The topological polar surface area (TPSA) is 85.2 Å². The third kappa shape index (κ3) is 4.02. The molecule has 1 aromatic carbocycles. The average molecular weight is 398 g/mol. The SMILES string of the molecule is Cn1nc(C2CCC(=O)NC2=O)c2cccc(C#CCO[C@@H]3CCNC[C@@H]3F)c21. The molecule has 1 unspecified atom stereocenters. The van der Waals surface area contributed by atoms with Gasteiger partial charge in [0, 0.05) is 25.4 Å². The Bertz CT molecular complexity index is 1010. The highest BCUT2D eigenvalue weighted by molar-refractivity contribution is 6.02. The molecule has 0 saturated carbocycles. The van der Waals surface area contributed by atoms with E-state index < -0.39 is 18.2 Å². The lowest BCUT2D eigenvalue weighted by atomic mass is 9.92. The number of fused-ring (bicyclic) bond motifs is 1. The molecule has 4 rings (SSSR count). The van der Waals surface area contributed by atoms with Gasteiger partial charge in [-0.05, 0) is 25.5 Å². The van der Waals surface area contributed by atoms with Gasteiger partial charge in [-0.3, -0.25) is 19.6 Å². The molecule has 1 aromatic heterocycles. The van der Waals surface area contributed by atoms with Crippen molar-refractivity contribution in [2.45, 2.75) is 37.5 Å². The van der Waals surface area contributed by atoms with Crippen LogP contribution in [-0.4, -0.2) is 53.6 Å². The highest BCUT2D eigenvalue weighted by Crippen LogP contribution is 2.31. The Hall–Kier alpha value is -2.76. The Morgan fingerprint density at radius 2 is 2.21 bits per heavy atom. The molecule has 2 fully saturated rings. The number of aromatic nitrogens is 2. The summed E-state index contributed by atoms with van der Waals surface area (Å²) in [5, 5.41) is 10.8. The highest BCUT2D eigenvalue weighted by Gasteiger charge is 2.31. The summed E-state index contributed by atoms with van der Waals surface area (Å²) in [6.07, 6.45) is -0.0481. The van der Waals surface area contributed by atoms with Crippen molar-refractivity contribution in [2.75, 3.05) is 19.7 Å². The lowest BCUT2D eigenvalue weighted by Gasteiger charge is -2.25. The maximum atomic E-state index is 13.8. The molecule has 7 nitrogen and oxygen atoms in total. The molecule has 0 bridgehead atoms. The molecule has 0 radical (unpaired) electrons. The van der Waals surface area contributed by atoms with E-state index in [0.717, 1.165) is 23.0 Å². The predicted molar refractivity (Wildman–Crippen MR) is 105 cm³/mol. The van der Waals surface area contributed by atoms with Gasteiger partial charge in [0.25, 0.3) is 0 Å². The summed E-state index contributed by atoms with van der Waals surface area (Å²) in [5.41, 5.74) is 2.24. The van der Waals surface area contributed by atoms with Crippen LogP contribution in [0.25, 0.3) is 10.9 Å². The molecule has 0 aliphatic carbocycles. The van der Waals surface area contributed by atoms with E-state index in [1.165, 1.54) is 0 Å². The predicted octanol–water partition coefficient (Wildman–Crippen LogP) is 1.16. The van der Waals surface area contributed by atoms with Gasteiger partial charge in [0.1, 0.15) is 12.8 Å². The highest BCUT2D eigenvalue weighted by atomic mass is 19.1. The number of carbonyl (C=O) groups is 2. The third-order valence-corrected chi connectivity index (χ3v) is 5.40. The van der Waals surface area contributed by atoms with Crippen molar-refractivity contribution in [3.8, 4) is 11.8 Å². The van der Waals surface area contributed by atoms with Crippen LogP contribution in [0.2, 0.25) is 0 Å². The summed E-state index contributed by atoms with van der Waals surface area (Å²) in [6, 6.07) is 5.66. The van der Waals surface area contributed by atoms with Crippen LogP contribution in [0.3, 0.4) is 0 Å². The van der Waals surface area contributed by atoms with E-state index in [4.69, 9.17) is 4.74 Å². The summed E-state index contributed by atoms with van der Waals surface area (Å²) in [4.78, 5) is 23.7. The maximum absolute atomic E-state index is 13.8. The number of aryl methyl sites for hydroxylation is 1. The first-order valence-corrected chi connectivity index (χ1v) is 9.79. The Labute approximate surface area is 168 Å². The van der Waals surface area contributed by atoms with Crippen LogP contribution in [-0.2, 0) is 21.4 Å². The number of hydrogen-bond acceptors (Lipinski definition) is 5. The molecule has 0 spiro atoms.